The predicted molar refractivity (Wildman–Crippen MR) is 88.8 cm³/mol. The first-order valence-electron chi connectivity index (χ1n) is 7.85. The Kier molecular flexibility index (Phi) is 5.44. The van der Waals surface area contributed by atoms with Gasteiger partial charge in [-0.1, -0.05) is 17.7 Å². The molecule has 1 atom stereocenters. The number of rotatable bonds is 6. The molecule has 0 radical (unpaired) electrons. The van der Waals surface area contributed by atoms with E-state index in [9.17, 15) is 26.7 Å². The molecule has 1 N–H and O–H groups in total. The predicted octanol–water partition coefficient (Wildman–Crippen LogP) is 4.42. The average molecular weight is 423 g/mol. The lowest BCUT2D eigenvalue weighted by Gasteiger charge is -2.21. The number of anilines is 1. The Labute approximate surface area is 160 Å². The maximum Gasteiger partial charge on any atom is 0.458 e. The van der Waals surface area contributed by atoms with Crippen LogP contribution in [0.3, 0.4) is 0 Å². The SMILES string of the molecule is O=C(Nc1ccc(C(F)(F)C(F)(F)F)cc1OCC1CO1)c1cccnc1Cl. The molecule has 3 rings (SSSR count). The number of pyridine rings is 1. The second-order valence-corrected chi connectivity index (χ2v) is 6.20. The van der Waals surface area contributed by atoms with Crippen molar-refractivity contribution in [3.05, 3.63) is 52.8 Å². The fourth-order valence-corrected chi connectivity index (χ4v) is 2.40. The summed E-state index contributed by atoms with van der Waals surface area (Å²) in [5.41, 5.74) is -1.43. The van der Waals surface area contributed by atoms with Crippen LogP contribution in [0.4, 0.5) is 27.6 Å². The highest BCUT2D eigenvalue weighted by Crippen LogP contribution is 2.45. The van der Waals surface area contributed by atoms with Crippen LogP contribution in [-0.2, 0) is 10.7 Å². The van der Waals surface area contributed by atoms with E-state index >= 15 is 0 Å². The molecule has 2 heterocycles. The summed E-state index contributed by atoms with van der Waals surface area (Å²) in [6.45, 7) is 0.308. The van der Waals surface area contributed by atoms with E-state index in [0.717, 1.165) is 6.07 Å². The fraction of sp³-hybridized carbons (Fsp3) is 0.294. The summed E-state index contributed by atoms with van der Waals surface area (Å²) < 4.78 is 75.5. The molecule has 1 aliphatic heterocycles. The highest BCUT2D eigenvalue weighted by atomic mass is 35.5. The van der Waals surface area contributed by atoms with Crippen molar-refractivity contribution in [2.45, 2.75) is 18.2 Å². The van der Waals surface area contributed by atoms with Gasteiger partial charge in [0.15, 0.2) is 0 Å². The Morgan fingerprint density at radius 2 is 2.00 bits per heavy atom. The highest BCUT2D eigenvalue weighted by Gasteiger charge is 2.58. The summed E-state index contributed by atoms with van der Waals surface area (Å²) >= 11 is 5.83. The molecule has 1 aromatic carbocycles. The molecule has 0 saturated carbocycles. The first kappa shape index (κ1) is 20.3. The number of nitrogens with one attached hydrogen (secondary N) is 1. The zero-order valence-corrected chi connectivity index (χ0v) is 14.7. The minimum Gasteiger partial charge on any atom is -0.489 e. The molecule has 1 saturated heterocycles. The molecule has 1 amide bonds. The summed E-state index contributed by atoms with van der Waals surface area (Å²) in [6, 6.07) is 4.83. The monoisotopic (exact) mass is 422 g/mol. The van der Waals surface area contributed by atoms with E-state index in [2.05, 4.69) is 10.3 Å². The normalized spacial score (nSPS) is 16.6. The summed E-state index contributed by atoms with van der Waals surface area (Å²) in [5.74, 6) is -6.18. The van der Waals surface area contributed by atoms with Gasteiger partial charge >= 0.3 is 12.1 Å². The van der Waals surface area contributed by atoms with Crippen molar-refractivity contribution in [1.82, 2.24) is 4.98 Å². The van der Waals surface area contributed by atoms with Gasteiger partial charge < -0.3 is 14.8 Å². The van der Waals surface area contributed by atoms with Crippen molar-refractivity contribution in [1.29, 1.82) is 0 Å². The Bertz CT molecular complexity index is 887. The second kappa shape index (κ2) is 7.51. The molecule has 150 valence electrons. The van der Waals surface area contributed by atoms with Crippen LogP contribution in [0, 0.1) is 0 Å². The fourth-order valence-electron chi connectivity index (χ4n) is 2.20. The van der Waals surface area contributed by atoms with E-state index in [1.807, 2.05) is 0 Å². The molecule has 1 fully saturated rings. The highest BCUT2D eigenvalue weighted by molar-refractivity contribution is 6.33. The Balaban J connectivity index is 1.91. The van der Waals surface area contributed by atoms with Gasteiger partial charge in [0.05, 0.1) is 17.9 Å². The van der Waals surface area contributed by atoms with Gasteiger partial charge in [0.25, 0.3) is 5.91 Å². The van der Waals surface area contributed by atoms with Crippen LogP contribution in [0.25, 0.3) is 0 Å². The molecular formula is C17H12ClF5N2O3. The molecule has 0 spiro atoms. The lowest BCUT2D eigenvalue weighted by Crippen LogP contribution is -2.33. The van der Waals surface area contributed by atoms with Gasteiger partial charge in [0, 0.05) is 11.8 Å². The van der Waals surface area contributed by atoms with Gasteiger partial charge in [-0.05, 0) is 24.3 Å². The number of nitrogens with zero attached hydrogens (tertiary/aromatic N) is 1. The van der Waals surface area contributed by atoms with Gasteiger partial charge in [-0.15, -0.1) is 0 Å². The summed E-state index contributed by atoms with van der Waals surface area (Å²) in [6.07, 6.45) is -4.71. The third-order valence-corrected chi connectivity index (χ3v) is 4.08. The third kappa shape index (κ3) is 4.33. The molecule has 0 aliphatic carbocycles. The Morgan fingerprint density at radius 3 is 2.61 bits per heavy atom. The molecule has 1 aromatic heterocycles. The molecule has 5 nitrogen and oxygen atoms in total. The molecular weight excluding hydrogens is 411 g/mol. The van der Waals surface area contributed by atoms with Crippen LogP contribution < -0.4 is 10.1 Å². The lowest BCUT2D eigenvalue weighted by atomic mass is 10.1. The van der Waals surface area contributed by atoms with E-state index in [0.29, 0.717) is 18.7 Å². The van der Waals surface area contributed by atoms with Crippen molar-refractivity contribution in [2.24, 2.45) is 0 Å². The Morgan fingerprint density at radius 1 is 1.29 bits per heavy atom. The zero-order chi connectivity index (χ0) is 20.5. The largest absolute Gasteiger partial charge is 0.489 e. The quantitative estimate of drug-likeness (QED) is 0.425. The molecule has 1 unspecified atom stereocenters. The molecule has 0 bridgehead atoms. The van der Waals surface area contributed by atoms with Gasteiger partial charge in [0.1, 0.15) is 23.6 Å². The summed E-state index contributed by atoms with van der Waals surface area (Å²) in [7, 11) is 0. The number of halogens is 6. The number of epoxide rings is 1. The summed E-state index contributed by atoms with van der Waals surface area (Å²) in [4.78, 5) is 16.1. The van der Waals surface area contributed by atoms with Crippen LogP contribution in [0.15, 0.2) is 36.5 Å². The van der Waals surface area contributed by atoms with E-state index in [1.54, 1.807) is 0 Å². The summed E-state index contributed by atoms with van der Waals surface area (Å²) in [5, 5.41) is 2.27. The van der Waals surface area contributed by atoms with E-state index < -0.39 is 23.6 Å². The van der Waals surface area contributed by atoms with Crippen LogP contribution in [0.5, 0.6) is 5.75 Å². The van der Waals surface area contributed by atoms with Crippen LogP contribution in [0.2, 0.25) is 5.15 Å². The number of alkyl halides is 5. The standard InChI is InChI=1S/C17H12ClF5N2O3/c18-14-11(2-1-5-24-14)15(26)25-12-4-3-9(16(19,20)17(21,22)23)6-13(12)28-8-10-7-27-10/h1-6,10H,7-8H2,(H,25,26). The lowest BCUT2D eigenvalue weighted by molar-refractivity contribution is -0.289. The molecule has 11 heteroatoms. The third-order valence-electron chi connectivity index (χ3n) is 3.78. The zero-order valence-electron chi connectivity index (χ0n) is 13.9. The van der Waals surface area contributed by atoms with Crippen molar-refractivity contribution in [3.8, 4) is 5.75 Å². The minimum absolute atomic E-state index is 0.00894. The smallest absolute Gasteiger partial charge is 0.458 e. The van der Waals surface area contributed by atoms with Crippen molar-refractivity contribution >= 4 is 23.2 Å². The topological polar surface area (TPSA) is 63.8 Å². The van der Waals surface area contributed by atoms with E-state index in [1.165, 1.54) is 18.3 Å². The number of carbonyl (C=O) groups is 1. The maximum atomic E-state index is 13.6. The van der Waals surface area contributed by atoms with E-state index in [4.69, 9.17) is 21.1 Å². The average Bonchev–Trinajstić information content (AvgIpc) is 3.44. The number of aromatic nitrogens is 1. The maximum absolute atomic E-state index is 13.6. The molecule has 28 heavy (non-hydrogen) atoms. The van der Waals surface area contributed by atoms with Crippen molar-refractivity contribution in [3.63, 3.8) is 0 Å². The first-order chi connectivity index (χ1) is 13.1. The molecule has 2 aromatic rings. The second-order valence-electron chi connectivity index (χ2n) is 5.85. The number of hydrogen-bond acceptors (Lipinski definition) is 4. The van der Waals surface area contributed by atoms with Gasteiger partial charge in [-0.25, -0.2) is 4.98 Å². The van der Waals surface area contributed by atoms with Gasteiger partial charge in [-0.3, -0.25) is 4.79 Å². The van der Waals surface area contributed by atoms with E-state index in [-0.39, 0.29) is 34.9 Å². The number of benzene rings is 1. The number of ether oxygens (including phenoxy) is 2. The molecule has 1 aliphatic rings. The van der Waals surface area contributed by atoms with Crippen molar-refractivity contribution < 1.29 is 36.2 Å². The van der Waals surface area contributed by atoms with Crippen LogP contribution >= 0.6 is 11.6 Å². The Hall–Kier alpha value is -2.46. The number of carbonyl (C=O) groups excluding carboxylic acids is 1. The van der Waals surface area contributed by atoms with Gasteiger partial charge in [0.2, 0.25) is 0 Å². The minimum atomic E-state index is -5.78. The van der Waals surface area contributed by atoms with Gasteiger partial charge in [-0.2, -0.15) is 22.0 Å². The number of amides is 1. The number of hydrogen-bond donors (Lipinski definition) is 1. The van der Waals surface area contributed by atoms with Crippen molar-refractivity contribution in [2.75, 3.05) is 18.5 Å². The van der Waals surface area contributed by atoms with Crippen LogP contribution in [-0.4, -0.2) is 36.4 Å². The van der Waals surface area contributed by atoms with Crippen LogP contribution in [0.1, 0.15) is 15.9 Å². The first-order valence-corrected chi connectivity index (χ1v) is 8.22.